The largest absolute Gasteiger partial charge is 0.481 e. The smallest absolute Gasteiger partial charge is 0.311 e. The van der Waals surface area contributed by atoms with Gasteiger partial charge in [-0.15, -0.1) is 0 Å². The first-order valence-corrected chi connectivity index (χ1v) is 6.23. The number of carboxylic acids is 1. The van der Waals surface area contributed by atoms with Crippen molar-refractivity contribution in [1.29, 1.82) is 0 Å². The van der Waals surface area contributed by atoms with Crippen molar-refractivity contribution in [2.45, 2.75) is 19.3 Å². The first-order chi connectivity index (χ1) is 8.62. The first-order valence-electron chi connectivity index (χ1n) is 6.23. The number of carbonyl (C=O) groups excluding carboxylic acids is 1. The average molecular weight is 245 g/mol. The van der Waals surface area contributed by atoms with Crippen LogP contribution in [-0.4, -0.2) is 35.0 Å². The standard InChI is InChI=1S/C14H15NO3/c16-12-11-4-2-1-3-10(11)5-8-15(12)9-14(6-7-14)13(17)18/h1-4H,5-9H2,(H,17,18). The Morgan fingerprint density at radius 1 is 1.33 bits per heavy atom. The van der Waals surface area contributed by atoms with Crippen molar-refractivity contribution >= 4 is 11.9 Å². The van der Waals surface area contributed by atoms with Crippen LogP contribution in [0, 0.1) is 5.41 Å². The van der Waals surface area contributed by atoms with Gasteiger partial charge in [0.05, 0.1) is 5.41 Å². The normalized spacial score (nSPS) is 20.4. The third-order valence-corrected chi connectivity index (χ3v) is 3.99. The predicted molar refractivity (Wildman–Crippen MR) is 65.4 cm³/mol. The number of hydrogen-bond donors (Lipinski definition) is 1. The highest BCUT2D eigenvalue weighted by molar-refractivity contribution is 5.97. The van der Waals surface area contributed by atoms with E-state index in [9.17, 15) is 14.7 Å². The molecule has 94 valence electrons. The lowest BCUT2D eigenvalue weighted by atomic mass is 9.97. The van der Waals surface area contributed by atoms with Crippen molar-refractivity contribution in [1.82, 2.24) is 4.90 Å². The number of aliphatic carboxylic acids is 1. The van der Waals surface area contributed by atoms with Crippen LogP contribution in [0.1, 0.15) is 28.8 Å². The van der Waals surface area contributed by atoms with Crippen LogP contribution in [0.2, 0.25) is 0 Å². The van der Waals surface area contributed by atoms with E-state index in [2.05, 4.69) is 0 Å². The molecule has 0 radical (unpaired) electrons. The molecule has 1 aromatic rings. The molecule has 1 aromatic carbocycles. The van der Waals surface area contributed by atoms with Gasteiger partial charge in [0, 0.05) is 18.7 Å². The minimum Gasteiger partial charge on any atom is -0.481 e. The molecule has 0 saturated heterocycles. The van der Waals surface area contributed by atoms with Crippen LogP contribution in [0.3, 0.4) is 0 Å². The molecule has 18 heavy (non-hydrogen) atoms. The lowest BCUT2D eigenvalue weighted by Crippen LogP contribution is -2.43. The lowest BCUT2D eigenvalue weighted by Gasteiger charge is -2.30. The third-order valence-electron chi connectivity index (χ3n) is 3.99. The summed E-state index contributed by atoms with van der Waals surface area (Å²) < 4.78 is 0. The molecule has 1 aliphatic carbocycles. The fourth-order valence-electron chi connectivity index (χ4n) is 2.58. The number of rotatable bonds is 3. The number of nitrogens with zero attached hydrogens (tertiary/aromatic N) is 1. The third kappa shape index (κ3) is 1.68. The van der Waals surface area contributed by atoms with Gasteiger partial charge in [0.1, 0.15) is 0 Å². The summed E-state index contributed by atoms with van der Waals surface area (Å²) >= 11 is 0. The quantitative estimate of drug-likeness (QED) is 0.879. The van der Waals surface area contributed by atoms with E-state index in [-0.39, 0.29) is 5.91 Å². The second-order valence-corrected chi connectivity index (χ2v) is 5.22. The maximum Gasteiger partial charge on any atom is 0.311 e. The average Bonchev–Trinajstić information content (AvgIpc) is 3.14. The Kier molecular flexibility index (Phi) is 2.40. The molecule has 1 amide bonds. The minimum atomic E-state index is -0.769. The van der Waals surface area contributed by atoms with Crippen LogP contribution in [0.5, 0.6) is 0 Å². The van der Waals surface area contributed by atoms with Crippen LogP contribution in [0.4, 0.5) is 0 Å². The van der Waals surface area contributed by atoms with Crippen molar-refractivity contribution in [3.05, 3.63) is 35.4 Å². The van der Waals surface area contributed by atoms with E-state index in [4.69, 9.17) is 0 Å². The van der Waals surface area contributed by atoms with Gasteiger partial charge >= 0.3 is 5.97 Å². The molecule has 0 spiro atoms. The van der Waals surface area contributed by atoms with Crippen LogP contribution >= 0.6 is 0 Å². The lowest BCUT2D eigenvalue weighted by molar-refractivity contribution is -0.143. The number of carboxylic acid groups (broad SMARTS) is 1. The molecule has 2 aliphatic rings. The Balaban J connectivity index is 1.81. The Hall–Kier alpha value is -1.84. The van der Waals surface area contributed by atoms with E-state index in [1.54, 1.807) is 4.90 Å². The van der Waals surface area contributed by atoms with Crippen LogP contribution in [0.25, 0.3) is 0 Å². The van der Waals surface area contributed by atoms with Gasteiger partial charge in [0.25, 0.3) is 5.91 Å². The van der Waals surface area contributed by atoms with Gasteiger partial charge in [-0.05, 0) is 30.9 Å². The van der Waals surface area contributed by atoms with Crippen LogP contribution in [0.15, 0.2) is 24.3 Å². The minimum absolute atomic E-state index is 0.0237. The van der Waals surface area contributed by atoms with Gasteiger partial charge in [-0.2, -0.15) is 0 Å². The molecule has 1 aliphatic heterocycles. The van der Waals surface area contributed by atoms with E-state index in [0.717, 1.165) is 17.5 Å². The van der Waals surface area contributed by atoms with Crippen molar-refractivity contribution in [3.8, 4) is 0 Å². The highest BCUT2D eigenvalue weighted by Gasteiger charge is 2.52. The Morgan fingerprint density at radius 2 is 2.06 bits per heavy atom. The highest BCUT2D eigenvalue weighted by atomic mass is 16.4. The molecule has 0 atom stereocenters. The van der Waals surface area contributed by atoms with Crippen LogP contribution in [-0.2, 0) is 11.2 Å². The van der Waals surface area contributed by atoms with E-state index in [1.165, 1.54) is 0 Å². The summed E-state index contributed by atoms with van der Waals surface area (Å²) in [5.41, 5.74) is 1.13. The first kappa shape index (κ1) is 11.3. The maximum atomic E-state index is 12.3. The van der Waals surface area contributed by atoms with Gasteiger partial charge in [0.2, 0.25) is 0 Å². The summed E-state index contributed by atoms with van der Waals surface area (Å²) in [5, 5.41) is 9.18. The summed E-state index contributed by atoms with van der Waals surface area (Å²) in [6.07, 6.45) is 2.19. The number of fused-ring (bicyclic) bond motifs is 1. The number of amides is 1. The van der Waals surface area contributed by atoms with Crippen molar-refractivity contribution in [2.24, 2.45) is 5.41 Å². The maximum absolute atomic E-state index is 12.3. The zero-order valence-corrected chi connectivity index (χ0v) is 10.1. The van der Waals surface area contributed by atoms with Gasteiger partial charge in [-0.3, -0.25) is 9.59 Å². The summed E-state index contributed by atoms with van der Waals surface area (Å²) in [6, 6.07) is 7.57. The molecule has 4 heteroatoms. The van der Waals surface area contributed by atoms with Crippen molar-refractivity contribution in [2.75, 3.05) is 13.1 Å². The van der Waals surface area contributed by atoms with Gasteiger partial charge in [-0.25, -0.2) is 0 Å². The van der Waals surface area contributed by atoms with Gasteiger partial charge in [0.15, 0.2) is 0 Å². The molecular formula is C14H15NO3. The van der Waals surface area contributed by atoms with Crippen LogP contribution < -0.4 is 0 Å². The molecule has 0 unspecified atom stereocenters. The molecule has 1 heterocycles. The Bertz CT molecular complexity index is 520. The van der Waals surface area contributed by atoms with E-state index >= 15 is 0 Å². The fourth-order valence-corrected chi connectivity index (χ4v) is 2.58. The molecule has 0 aromatic heterocycles. The molecule has 3 rings (SSSR count). The second kappa shape index (κ2) is 3.83. The SMILES string of the molecule is O=C1c2ccccc2CCN1CC1(C(=O)O)CC1. The molecule has 4 nitrogen and oxygen atoms in total. The zero-order valence-electron chi connectivity index (χ0n) is 10.1. The Morgan fingerprint density at radius 3 is 2.72 bits per heavy atom. The molecule has 1 saturated carbocycles. The second-order valence-electron chi connectivity index (χ2n) is 5.22. The van der Waals surface area contributed by atoms with Gasteiger partial charge in [-0.1, -0.05) is 18.2 Å². The molecule has 1 N–H and O–H groups in total. The number of carbonyl (C=O) groups is 2. The summed E-state index contributed by atoms with van der Waals surface area (Å²) in [6.45, 7) is 0.986. The fraction of sp³-hybridized carbons (Fsp3) is 0.429. The van der Waals surface area contributed by atoms with Crippen molar-refractivity contribution < 1.29 is 14.7 Å². The van der Waals surface area contributed by atoms with Crippen molar-refractivity contribution in [3.63, 3.8) is 0 Å². The summed E-state index contributed by atoms with van der Waals surface area (Å²) in [7, 11) is 0. The number of benzene rings is 1. The summed E-state index contributed by atoms with van der Waals surface area (Å²) in [4.78, 5) is 25.1. The van der Waals surface area contributed by atoms with Gasteiger partial charge < -0.3 is 10.0 Å². The molecule has 1 fully saturated rings. The highest BCUT2D eigenvalue weighted by Crippen LogP contribution is 2.46. The zero-order chi connectivity index (χ0) is 12.8. The van der Waals surface area contributed by atoms with E-state index in [1.807, 2.05) is 24.3 Å². The monoisotopic (exact) mass is 245 g/mol. The topological polar surface area (TPSA) is 57.6 Å². The molecule has 0 bridgehead atoms. The Labute approximate surface area is 105 Å². The van der Waals surface area contributed by atoms with E-state index in [0.29, 0.717) is 25.9 Å². The summed E-state index contributed by atoms with van der Waals surface area (Å²) in [5.74, 6) is -0.793. The number of hydrogen-bond acceptors (Lipinski definition) is 2. The predicted octanol–water partition coefficient (Wildman–Crippen LogP) is 1.55. The molecular weight excluding hydrogens is 230 g/mol. The van der Waals surface area contributed by atoms with E-state index < -0.39 is 11.4 Å².